The second-order valence-corrected chi connectivity index (χ2v) is 5.07. The van der Waals surface area contributed by atoms with Crippen molar-refractivity contribution in [3.05, 3.63) is 41.9 Å². The molecule has 0 saturated carbocycles. The van der Waals surface area contributed by atoms with E-state index < -0.39 is 0 Å². The van der Waals surface area contributed by atoms with Gasteiger partial charge in [0.05, 0.1) is 18.5 Å². The highest BCUT2D eigenvalue weighted by molar-refractivity contribution is 5.08. The molecule has 2 aromatic heterocycles. The lowest BCUT2D eigenvalue weighted by atomic mass is 10.3. The Morgan fingerprint density at radius 1 is 1.42 bits per heavy atom. The molecule has 0 fully saturated rings. The normalized spacial score (nSPS) is 15.5. The molecule has 5 heteroatoms. The molecule has 1 aliphatic heterocycles. The van der Waals surface area contributed by atoms with Gasteiger partial charge in [-0.25, -0.2) is 4.98 Å². The predicted molar refractivity (Wildman–Crippen MR) is 72.7 cm³/mol. The minimum absolute atomic E-state index is 0.825. The second-order valence-electron chi connectivity index (χ2n) is 5.07. The Bertz CT molecular complexity index is 518. The topological polar surface area (TPSA) is 46.2 Å². The van der Waals surface area contributed by atoms with E-state index in [2.05, 4.69) is 26.8 Å². The first kappa shape index (κ1) is 12.4. The summed E-state index contributed by atoms with van der Waals surface area (Å²) in [6.45, 7) is 4.79. The van der Waals surface area contributed by atoms with E-state index in [0.29, 0.717) is 0 Å². The van der Waals surface area contributed by atoms with Crippen LogP contribution in [0, 0.1) is 0 Å². The summed E-state index contributed by atoms with van der Waals surface area (Å²) in [7, 11) is 2.11. The number of rotatable bonds is 4. The number of hydrogen-bond donors (Lipinski definition) is 1. The highest BCUT2D eigenvalue weighted by Gasteiger charge is 2.14. The third-order valence-electron chi connectivity index (χ3n) is 3.50. The predicted octanol–water partition coefficient (Wildman–Crippen LogP) is 1.25. The molecule has 0 radical (unpaired) electrons. The van der Waals surface area contributed by atoms with Crippen LogP contribution in [0.2, 0.25) is 0 Å². The molecule has 0 amide bonds. The Morgan fingerprint density at radius 3 is 3.21 bits per heavy atom. The third kappa shape index (κ3) is 2.88. The zero-order chi connectivity index (χ0) is 13.1. The summed E-state index contributed by atoms with van der Waals surface area (Å²) in [5.74, 6) is 2.20. The smallest absolute Gasteiger partial charge is 0.117 e. The van der Waals surface area contributed by atoms with Gasteiger partial charge in [-0.15, -0.1) is 0 Å². The minimum Gasteiger partial charge on any atom is -0.468 e. The maximum Gasteiger partial charge on any atom is 0.117 e. The maximum atomic E-state index is 5.38. The van der Waals surface area contributed by atoms with Gasteiger partial charge in [0, 0.05) is 38.8 Å². The summed E-state index contributed by atoms with van der Waals surface area (Å²) in [6, 6.07) is 3.94. The third-order valence-corrected chi connectivity index (χ3v) is 3.50. The fourth-order valence-corrected chi connectivity index (χ4v) is 2.57. The molecular weight excluding hydrogens is 240 g/mol. The van der Waals surface area contributed by atoms with Crippen molar-refractivity contribution in [2.75, 3.05) is 20.1 Å². The van der Waals surface area contributed by atoms with E-state index in [-0.39, 0.29) is 0 Å². The summed E-state index contributed by atoms with van der Waals surface area (Å²) in [4.78, 5) is 6.79. The Balaban J connectivity index is 1.67. The molecule has 0 aromatic carbocycles. The van der Waals surface area contributed by atoms with E-state index in [1.807, 2.05) is 18.3 Å². The molecule has 19 heavy (non-hydrogen) atoms. The van der Waals surface area contributed by atoms with E-state index in [0.717, 1.165) is 44.9 Å². The van der Waals surface area contributed by atoms with Crippen LogP contribution in [0.25, 0.3) is 0 Å². The number of nitrogens with zero attached hydrogens (tertiary/aromatic N) is 3. The van der Waals surface area contributed by atoms with Crippen LogP contribution in [0.3, 0.4) is 0 Å². The lowest BCUT2D eigenvalue weighted by molar-refractivity contribution is 0.280. The summed E-state index contributed by atoms with van der Waals surface area (Å²) in [5, 5.41) is 3.41. The first-order chi connectivity index (χ1) is 9.33. The van der Waals surface area contributed by atoms with Crippen LogP contribution in [0.4, 0.5) is 0 Å². The molecular formula is C14H20N4O. The van der Waals surface area contributed by atoms with Crippen molar-refractivity contribution in [1.29, 1.82) is 0 Å². The van der Waals surface area contributed by atoms with Crippen molar-refractivity contribution >= 4 is 0 Å². The highest BCUT2D eigenvalue weighted by Crippen LogP contribution is 2.12. The number of hydrogen-bond acceptors (Lipinski definition) is 4. The van der Waals surface area contributed by atoms with Crippen molar-refractivity contribution < 1.29 is 4.42 Å². The Labute approximate surface area is 113 Å². The van der Waals surface area contributed by atoms with Gasteiger partial charge in [0.25, 0.3) is 0 Å². The maximum absolute atomic E-state index is 5.38. The van der Waals surface area contributed by atoms with Crippen LogP contribution >= 0.6 is 0 Å². The van der Waals surface area contributed by atoms with Gasteiger partial charge in [-0.3, -0.25) is 4.90 Å². The fourth-order valence-electron chi connectivity index (χ4n) is 2.57. The van der Waals surface area contributed by atoms with Gasteiger partial charge in [-0.05, 0) is 19.2 Å². The molecule has 2 aromatic rings. The molecule has 0 atom stereocenters. The quantitative estimate of drug-likeness (QED) is 0.899. The van der Waals surface area contributed by atoms with Gasteiger partial charge < -0.3 is 14.3 Å². The molecule has 102 valence electrons. The fraction of sp³-hybridized carbons (Fsp3) is 0.500. The monoisotopic (exact) mass is 260 g/mol. The van der Waals surface area contributed by atoms with E-state index in [1.54, 1.807) is 6.26 Å². The minimum atomic E-state index is 0.825. The van der Waals surface area contributed by atoms with Crippen LogP contribution in [0.15, 0.2) is 29.0 Å². The highest BCUT2D eigenvalue weighted by atomic mass is 16.3. The summed E-state index contributed by atoms with van der Waals surface area (Å²) in [5.41, 5.74) is 1.28. The van der Waals surface area contributed by atoms with E-state index in [9.17, 15) is 0 Å². The Hall–Kier alpha value is -1.59. The molecule has 3 heterocycles. The van der Waals surface area contributed by atoms with Crippen molar-refractivity contribution in [1.82, 2.24) is 19.8 Å². The largest absolute Gasteiger partial charge is 0.468 e. The molecule has 1 aliphatic rings. The number of aromatic nitrogens is 2. The van der Waals surface area contributed by atoms with Crippen LogP contribution in [-0.2, 0) is 26.1 Å². The van der Waals surface area contributed by atoms with Gasteiger partial charge >= 0.3 is 0 Å². The summed E-state index contributed by atoms with van der Waals surface area (Å²) < 4.78 is 7.73. The molecule has 0 aliphatic carbocycles. The zero-order valence-electron chi connectivity index (χ0n) is 11.3. The average molecular weight is 260 g/mol. The summed E-state index contributed by atoms with van der Waals surface area (Å²) >= 11 is 0. The lowest BCUT2D eigenvalue weighted by Crippen LogP contribution is -2.21. The number of furan rings is 1. The van der Waals surface area contributed by atoms with Crippen LogP contribution in [0.1, 0.15) is 17.3 Å². The van der Waals surface area contributed by atoms with Gasteiger partial charge in [-0.2, -0.15) is 0 Å². The van der Waals surface area contributed by atoms with Crippen LogP contribution in [-0.4, -0.2) is 34.6 Å². The van der Waals surface area contributed by atoms with E-state index in [1.165, 1.54) is 11.5 Å². The molecule has 0 saturated heterocycles. The van der Waals surface area contributed by atoms with Crippen molar-refractivity contribution in [3.8, 4) is 0 Å². The molecule has 1 N–H and O–H groups in total. The Kier molecular flexibility index (Phi) is 3.66. The first-order valence-corrected chi connectivity index (χ1v) is 6.78. The molecule has 5 nitrogen and oxygen atoms in total. The summed E-state index contributed by atoms with van der Waals surface area (Å²) in [6.07, 6.45) is 4.75. The number of imidazole rings is 1. The average Bonchev–Trinajstić information content (AvgIpc) is 2.95. The molecule has 0 unspecified atom stereocenters. The van der Waals surface area contributed by atoms with Crippen LogP contribution in [0.5, 0.6) is 0 Å². The van der Waals surface area contributed by atoms with Gasteiger partial charge in [0.2, 0.25) is 0 Å². The van der Waals surface area contributed by atoms with E-state index >= 15 is 0 Å². The van der Waals surface area contributed by atoms with Crippen molar-refractivity contribution in [3.63, 3.8) is 0 Å². The van der Waals surface area contributed by atoms with Crippen molar-refractivity contribution in [2.45, 2.75) is 26.1 Å². The zero-order valence-corrected chi connectivity index (χ0v) is 11.3. The lowest BCUT2D eigenvalue weighted by Gasteiger charge is -2.16. The molecule has 0 bridgehead atoms. The molecule has 0 spiro atoms. The van der Waals surface area contributed by atoms with Gasteiger partial charge in [0.15, 0.2) is 0 Å². The van der Waals surface area contributed by atoms with Crippen molar-refractivity contribution in [2.24, 2.45) is 0 Å². The Morgan fingerprint density at radius 2 is 2.37 bits per heavy atom. The van der Waals surface area contributed by atoms with Gasteiger partial charge in [0.1, 0.15) is 11.6 Å². The second kappa shape index (κ2) is 5.59. The van der Waals surface area contributed by atoms with Gasteiger partial charge in [-0.1, -0.05) is 0 Å². The van der Waals surface area contributed by atoms with Crippen LogP contribution < -0.4 is 5.32 Å². The SMILES string of the molecule is CN(Cc1ccco1)Cc1cnc2n1CCNCC2. The number of fused-ring (bicyclic) bond motifs is 1. The standard InChI is InChI=1S/C14H20N4O/c1-17(11-13-3-2-8-19-13)10-12-9-16-14-4-5-15-6-7-18(12)14/h2-3,8-9,15H,4-7,10-11H2,1H3. The molecule has 3 rings (SSSR count). The van der Waals surface area contributed by atoms with E-state index in [4.69, 9.17) is 4.42 Å². The first-order valence-electron chi connectivity index (χ1n) is 6.78. The number of nitrogens with one attached hydrogen (secondary N) is 1.